The van der Waals surface area contributed by atoms with Crippen molar-refractivity contribution in [3.63, 3.8) is 0 Å². The molecular formula is C15H14F3IN2OS. The zero-order valence-corrected chi connectivity index (χ0v) is 15.1. The van der Waals surface area contributed by atoms with Gasteiger partial charge in [0.25, 0.3) is 0 Å². The van der Waals surface area contributed by atoms with Gasteiger partial charge in [0.1, 0.15) is 5.75 Å². The number of para-hydroxylation sites is 1. The highest BCUT2D eigenvalue weighted by Crippen LogP contribution is 2.37. The number of alkyl halides is 3. The number of benzene rings is 2. The topological polar surface area (TPSA) is 45.1 Å². The number of rotatable bonds is 3. The van der Waals surface area contributed by atoms with E-state index in [2.05, 4.69) is 5.32 Å². The molecule has 0 saturated heterocycles. The minimum atomic E-state index is -4.46. The summed E-state index contributed by atoms with van der Waals surface area (Å²) in [4.78, 5) is 0. The van der Waals surface area contributed by atoms with Crippen LogP contribution in [0.15, 0.2) is 48.5 Å². The maximum atomic E-state index is 12.8. The lowest BCUT2D eigenvalue weighted by Crippen LogP contribution is -2.10. The first kappa shape index (κ1) is 19.6. The van der Waals surface area contributed by atoms with Crippen molar-refractivity contribution in [2.24, 2.45) is 0 Å². The summed E-state index contributed by atoms with van der Waals surface area (Å²) in [6.45, 7) is 0. The van der Waals surface area contributed by atoms with Crippen molar-refractivity contribution in [1.82, 2.24) is 0 Å². The molecule has 0 fully saturated rings. The number of hydrogen-bond donors (Lipinski definition) is 2. The standard InChI is InChI=1S/C15H13F3N2OS.HI/c1-22-14(19)20-12-9-10(15(16,17)18)7-8-13(12)21-11-5-3-2-4-6-11;/h2-9H,1H3,(H2,19,20);1H. The maximum Gasteiger partial charge on any atom is 0.416 e. The fourth-order valence-corrected chi connectivity index (χ4v) is 1.89. The van der Waals surface area contributed by atoms with Gasteiger partial charge in [-0.15, -0.1) is 24.0 Å². The second kappa shape index (κ2) is 8.44. The van der Waals surface area contributed by atoms with Crippen LogP contribution in [-0.4, -0.2) is 11.4 Å². The molecular weight excluding hydrogens is 440 g/mol. The molecule has 2 N–H and O–H groups in total. The molecule has 0 atom stereocenters. The normalized spacial score (nSPS) is 10.6. The van der Waals surface area contributed by atoms with Gasteiger partial charge in [0.15, 0.2) is 10.9 Å². The number of thioether (sulfide) groups is 1. The molecule has 3 nitrogen and oxygen atoms in total. The van der Waals surface area contributed by atoms with Crippen LogP contribution in [0.1, 0.15) is 5.56 Å². The van der Waals surface area contributed by atoms with Gasteiger partial charge in [-0.05, 0) is 36.6 Å². The Morgan fingerprint density at radius 1 is 1.13 bits per heavy atom. The number of halogens is 4. The second-order valence-corrected chi connectivity index (χ2v) is 5.10. The van der Waals surface area contributed by atoms with Gasteiger partial charge in [-0.2, -0.15) is 13.2 Å². The van der Waals surface area contributed by atoms with Crippen molar-refractivity contribution in [3.8, 4) is 11.5 Å². The van der Waals surface area contributed by atoms with Gasteiger partial charge in [-0.1, -0.05) is 30.0 Å². The van der Waals surface area contributed by atoms with Crippen LogP contribution in [0, 0.1) is 5.41 Å². The van der Waals surface area contributed by atoms with Gasteiger partial charge in [0, 0.05) is 0 Å². The molecule has 2 aromatic carbocycles. The Labute approximate surface area is 153 Å². The maximum absolute atomic E-state index is 12.8. The Bertz CT molecular complexity index is 666. The summed E-state index contributed by atoms with van der Waals surface area (Å²) in [6, 6.07) is 11.8. The van der Waals surface area contributed by atoms with E-state index in [0.717, 1.165) is 23.9 Å². The van der Waals surface area contributed by atoms with Crippen LogP contribution in [0.2, 0.25) is 0 Å². The van der Waals surface area contributed by atoms with E-state index in [1.807, 2.05) is 6.07 Å². The van der Waals surface area contributed by atoms with E-state index in [9.17, 15) is 13.2 Å². The smallest absolute Gasteiger partial charge is 0.416 e. The summed E-state index contributed by atoms with van der Waals surface area (Å²) in [5.74, 6) is 0.721. The Kier molecular flexibility index (Phi) is 7.20. The van der Waals surface area contributed by atoms with Crippen molar-refractivity contribution >= 4 is 46.6 Å². The van der Waals surface area contributed by atoms with Gasteiger partial charge in [0.05, 0.1) is 11.3 Å². The fraction of sp³-hybridized carbons (Fsp3) is 0.133. The molecule has 0 saturated carbocycles. The largest absolute Gasteiger partial charge is 0.455 e. The molecule has 8 heteroatoms. The van der Waals surface area contributed by atoms with Crippen LogP contribution in [0.25, 0.3) is 0 Å². The van der Waals surface area contributed by atoms with Crippen LogP contribution in [0.3, 0.4) is 0 Å². The molecule has 2 aromatic rings. The predicted octanol–water partition coefficient (Wildman–Crippen LogP) is 5.83. The molecule has 0 aliphatic rings. The molecule has 0 aliphatic heterocycles. The Balaban J connectivity index is 0.00000264. The van der Waals surface area contributed by atoms with Crippen LogP contribution in [-0.2, 0) is 6.18 Å². The first-order chi connectivity index (χ1) is 10.4. The monoisotopic (exact) mass is 454 g/mol. The molecule has 0 aromatic heterocycles. The summed E-state index contributed by atoms with van der Waals surface area (Å²) in [6.07, 6.45) is -2.80. The lowest BCUT2D eigenvalue weighted by molar-refractivity contribution is -0.137. The minimum Gasteiger partial charge on any atom is -0.455 e. The molecule has 0 radical (unpaired) electrons. The number of nitrogens with one attached hydrogen (secondary N) is 2. The molecule has 0 aliphatic carbocycles. The first-order valence-electron chi connectivity index (χ1n) is 6.24. The van der Waals surface area contributed by atoms with Crippen LogP contribution in [0.5, 0.6) is 11.5 Å². The Hall–Kier alpha value is -1.42. The third-order valence-corrected chi connectivity index (χ3v) is 3.24. The van der Waals surface area contributed by atoms with Crippen molar-refractivity contribution in [1.29, 1.82) is 5.41 Å². The molecule has 0 bridgehead atoms. The Morgan fingerprint density at radius 3 is 2.35 bits per heavy atom. The molecule has 124 valence electrons. The quantitative estimate of drug-likeness (QED) is 0.349. The number of amidine groups is 1. The van der Waals surface area contributed by atoms with Gasteiger partial charge in [-0.25, -0.2) is 0 Å². The van der Waals surface area contributed by atoms with E-state index in [0.29, 0.717) is 5.75 Å². The van der Waals surface area contributed by atoms with E-state index in [4.69, 9.17) is 10.1 Å². The van der Waals surface area contributed by atoms with E-state index in [1.165, 1.54) is 6.07 Å². The Morgan fingerprint density at radius 2 is 1.78 bits per heavy atom. The number of ether oxygens (including phenoxy) is 1. The van der Waals surface area contributed by atoms with Crippen molar-refractivity contribution < 1.29 is 17.9 Å². The first-order valence-corrected chi connectivity index (χ1v) is 7.46. The predicted molar refractivity (Wildman–Crippen MR) is 98.2 cm³/mol. The average molecular weight is 454 g/mol. The number of hydrogen-bond acceptors (Lipinski definition) is 3. The van der Waals surface area contributed by atoms with Crippen molar-refractivity contribution in [2.75, 3.05) is 11.6 Å². The molecule has 2 rings (SSSR count). The highest BCUT2D eigenvalue weighted by atomic mass is 127. The fourth-order valence-electron chi connectivity index (χ4n) is 1.68. The highest BCUT2D eigenvalue weighted by Gasteiger charge is 2.31. The molecule has 0 unspecified atom stereocenters. The lowest BCUT2D eigenvalue weighted by Gasteiger charge is -2.15. The van der Waals surface area contributed by atoms with Gasteiger partial charge in [0.2, 0.25) is 0 Å². The van der Waals surface area contributed by atoms with E-state index < -0.39 is 11.7 Å². The van der Waals surface area contributed by atoms with Crippen LogP contribution >= 0.6 is 35.7 Å². The van der Waals surface area contributed by atoms with Crippen molar-refractivity contribution in [2.45, 2.75) is 6.18 Å². The summed E-state index contributed by atoms with van der Waals surface area (Å²) >= 11 is 1.08. The van der Waals surface area contributed by atoms with Crippen molar-refractivity contribution in [3.05, 3.63) is 54.1 Å². The van der Waals surface area contributed by atoms with Crippen LogP contribution < -0.4 is 10.1 Å². The summed E-state index contributed by atoms with van der Waals surface area (Å²) < 4.78 is 44.0. The molecule has 0 spiro atoms. The summed E-state index contributed by atoms with van der Waals surface area (Å²) in [5, 5.41) is 10.2. The van der Waals surface area contributed by atoms with Crippen LogP contribution in [0.4, 0.5) is 18.9 Å². The lowest BCUT2D eigenvalue weighted by atomic mass is 10.2. The van der Waals surface area contributed by atoms with Gasteiger partial charge >= 0.3 is 6.18 Å². The third-order valence-electron chi connectivity index (χ3n) is 2.73. The van der Waals surface area contributed by atoms with Gasteiger partial charge in [-0.3, -0.25) is 5.41 Å². The highest BCUT2D eigenvalue weighted by molar-refractivity contribution is 14.0. The number of anilines is 1. The zero-order chi connectivity index (χ0) is 16.2. The second-order valence-electron chi connectivity index (χ2n) is 4.28. The van der Waals surface area contributed by atoms with E-state index in [-0.39, 0.29) is 40.6 Å². The van der Waals surface area contributed by atoms with E-state index in [1.54, 1.807) is 30.5 Å². The molecule has 0 amide bonds. The summed E-state index contributed by atoms with van der Waals surface area (Å²) in [5.41, 5.74) is -0.706. The minimum absolute atomic E-state index is 0. The average Bonchev–Trinajstić information content (AvgIpc) is 2.49. The zero-order valence-electron chi connectivity index (χ0n) is 12.0. The molecule has 23 heavy (non-hydrogen) atoms. The van der Waals surface area contributed by atoms with E-state index >= 15 is 0 Å². The SMILES string of the molecule is CSC(=N)Nc1cc(C(F)(F)F)ccc1Oc1ccccc1.I. The molecule has 0 heterocycles. The third kappa shape index (κ3) is 5.61. The van der Waals surface area contributed by atoms with Gasteiger partial charge < -0.3 is 10.1 Å². The summed E-state index contributed by atoms with van der Waals surface area (Å²) in [7, 11) is 0.